The van der Waals surface area contributed by atoms with E-state index in [0.717, 1.165) is 11.3 Å². The van der Waals surface area contributed by atoms with E-state index in [2.05, 4.69) is 51.1 Å². The smallest absolute Gasteiger partial charge is 0.136 e. The van der Waals surface area contributed by atoms with Crippen LogP contribution >= 0.6 is 0 Å². The first-order valence-corrected chi connectivity index (χ1v) is 6.60. The first-order valence-electron chi connectivity index (χ1n) is 6.60. The van der Waals surface area contributed by atoms with Crippen LogP contribution in [0.5, 0.6) is 5.75 Å². The van der Waals surface area contributed by atoms with E-state index >= 15 is 0 Å². The number of ether oxygens (including phenoxy) is 1. The minimum Gasteiger partial charge on any atom is -0.484 e. The molecule has 0 aliphatic heterocycles. The van der Waals surface area contributed by atoms with Gasteiger partial charge in [0.05, 0.1) is 0 Å². The van der Waals surface area contributed by atoms with E-state index in [0.29, 0.717) is 6.54 Å². The monoisotopic (exact) mass is 255 g/mol. The summed E-state index contributed by atoms with van der Waals surface area (Å²) in [6.07, 6.45) is -0.0954. The second-order valence-corrected chi connectivity index (χ2v) is 5.00. The minimum atomic E-state index is -0.0954. The molecule has 0 aromatic heterocycles. The van der Waals surface area contributed by atoms with E-state index < -0.39 is 0 Å². The third-order valence-electron chi connectivity index (χ3n) is 3.38. The Labute approximate surface area is 115 Å². The fourth-order valence-electron chi connectivity index (χ4n) is 2.07. The van der Waals surface area contributed by atoms with Crippen molar-refractivity contribution in [3.8, 4) is 5.75 Å². The summed E-state index contributed by atoms with van der Waals surface area (Å²) in [6, 6.07) is 14.4. The van der Waals surface area contributed by atoms with Crippen molar-refractivity contribution in [3.05, 3.63) is 64.7 Å². The van der Waals surface area contributed by atoms with Gasteiger partial charge in [0.15, 0.2) is 0 Å². The maximum Gasteiger partial charge on any atom is 0.136 e. The molecule has 0 radical (unpaired) electrons. The van der Waals surface area contributed by atoms with Crippen molar-refractivity contribution < 1.29 is 4.74 Å². The molecule has 1 atom stereocenters. The zero-order chi connectivity index (χ0) is 13.8. The number of nitrogens with two attached hydrogens (primary N) is 1. The molecule has 0 saturated heterocycles. The Morgan fingerprint density at radius 3 is 2.42 bits per heavy atom. The molecule has 2 aromatic rings. The first-order chi connectivity index (χ1) is 9.10. The van der Waals surface area contributed by atoms with E-state index in [9.17, 15) is 0 Å². The van der Waals surface area contributed by atoms with Crippen LogP contribution in [0.4, 0.5) is 0 Å². The van der Waals surface area contributed by atoms with Crippen LogP contribution in [0.3, 0.4) is 0 Å². The van der Waals surface area contributed by atoms with Gasteiger partial charge in [-0.2, -0.15) is 0 Å². The van der Waals surface area contributed by atoms with Gasteiger partial charge in [0.2, 0.25) is 0 Å². The Bertz CT molecular complexity index is 563. The first kappa shape index (κ1) is 13.6. The molecule has 0 spiro atoms. The highest BCUT2D eigenvalue weighted by atomic mass is 16.5. The molecule has 0 amide bonds. The summed E-state index contributed by atoms with van der Waals surface area (Å²) in [5, 5.41) is 0. The molecule has 1 unspecified atom stereocenters. The van der Waals surface area contributed by atoms with Crippen LogP contribution in [0.15, 0.2) is 42.5 Å². The highest BCUT2D eigenvalue weighted by molar-refractivity contribution is 5.34. The lowest BCUT2D eigenvalue weighted by atomic mass is 10.1. The Hall–Kier alpha value is -1.80. The molecule has 2 nitrogen and oxygen atoms in total. The molecule has 2 rings (SSSR count). The molecule has 0 fully saturated rings. The van der Waals surface area contributed by atoms with Crippen LogP contribution in [-0.4, -0.2) is 6.54 Å². The third-order valence-corrected chi connectivity index (χ3v) is 3.38. The van der Waals surface area contributed by atoms with Crippen LogP contribution in [-0.2, 0) is 0 Å². The number of hydrogen-bond acceptors (Lipinski definition) is 2. The maximum absolute atomic E-state index is 6.02. The normalized spacial score (nSPS) is 12.2. The molecular weight excluding hydrogens is 234 g/mol. The topological polar surface area (TPSA) is 35.2 Å². The number of hydrogen-bond donors (Lipinski definition) is 1. The van der Waals surface area contributed by atoms with Crippen molar-refractivity contribution >= 4 is 0 Å². The second kappa shape index (κ2) is 5.89. The highest BCUT2D eigenvalue weighted by Gasteiger charge is 2.11. The van der Waals surface area contributed by atoms with Crippen molar-refractivity contribution in [2.75, 3.05) is 6.54 Å². The van der Waals surface area contributed by atoms with Crippen LogP contribution in [0.1, 0.15) is 28.4 Å². The predicted molar refractivity (Wildman–Crippen MR) is 79.5 cm³/mol. The van der Waals surface area contributed by atoms with Gasteiger partial charge in [-0.15, -0.1) is 0 Å². The zero-order valence-electron chi connectivity index (χ0n) is 11.8. The molecule has 2 aromatic carbocycles. The van der Waals surface area contributed by atoms with E-state index in [-0.39, 0.29) is 6.10 Å². The molecule has 2 heteroatoms. The minimum absolute atomic E-state index is 0.0954. The van der Waals surface area contributed by atoms with Gasteiger partial charge in [0.1, 0.15) is 11.9 Å². The summed E-state index contributed by atoms with van der Waals surface area (Å²) >= 11 is 0. The predicted octanol–water partition coefficient (Wildman–Crippen LogP) is 3.69. The van der Waals surface area contributed by atoms with Crippen molar-refractivity contribution in [3.63, 3.8) is 0 Å². The van der Waals surface area contributed by atoms with Gasteiger partial charge < -0.3 is 10.5 Å². The average molecular weight is 255 g/mol. The van der Waals surface area contributed by atoms with Crippen LogP contribution < -0.4 is 10.5 Å². The lowest BCUT2D eigenvalue weighted by Crippen LogP contribution is -2.18. The highest BCUT2D eigenvalue weighted by Crippen LogP contribution is 2.24. The van der Waals surface area contributed by atoms with Gasteiger partial charge in [0, 0.05) is 6.54 Å². The van der Waals surface area contributed by atoms with Gasteiger partial charge in [0.25, 0.3) is 0 Å². The van der Waals surface area contributed by atoms with Gasteiger partial charge in [-0.25, -0.2) is 0 Å². The third kappa shape index (κ3) is 3.36. The Morgan fingerprint density at radius 1 is 1.00 bits per heavy atom. The number of rotatable bonds is 4. The van der Waals surface area contributed by atoms with Gasteiger partial charge in [-0.3, -0.25) is 0 Å². The van der Waals surface area contributed by atoms with Crippen LogP contribution in [0.2, 0.25) is 0 Å². The van der Waals surface area contributed by atoms with E-state index in [1.165, 1.54) is 16.7 Å². The summed E-state index contributed by atoms with van der Waals surface area (Å²) in [4.78, 5) is 0. The molecule has 0 heterocycles. The summed E-state index contributed by atoms with van der Waals surface area (Å²) in [5.41, 5.74) is 10.7. The molecule has 100 valence electrons. The molecule has 19 heavy (non-hydrogen) atoms. The summed E-state index contributed by atoms with van der Waals surface area (Å²) in [6.45, 7) is 6.73. The number of aryl methyl sites for hydroxylation is 3. The molecule has 2 N–H and O–H groups in total. The summed E-state index contributed by atoms with van der Waals surface area (Å²) in [7, 11) is 0. The Morgan fingerprint density at radius 2 is 1.79 bits per heavy atom. The van der Waals surface area contributed by atoms with Crippen molar-refractivity contribution in [2.24, 2.45) is 5.73 Å². The van der Waals surface area contributed by atoms with E-state index in [4.69, 9.17) is 10.5 Å². The van der Waals surface area contributed by atoms with Gasteiger partial charge in [-0.1, -0.05) is 35.9 Å². The van der Waals surface area contributed by atoms with Crippen molar-refractivity contribution in [2.45, 2.75) is 26.9 Å². The molecule has 0 aliphatic rings. The Kier molecular flexibility index (Phi) is 4.23. The van der Waals surface area contributed by atoms with E-state index in [1.807, 2.05) is 12.1 Å². The van der Waals surface area contributed by atoms with E-state index in [1.54, 1.807) is 0 Å². The molecule has 0 aliphatic carbocycles. The Balaban J connectivity index is 2.21. The van der Waals surface area contributed by atoms with Gasteiger partial charge >= 0.3 is 0 Å². The van der Waals surface area contributed by atoms with Crippen LogP contribution in [0.25, 0.3) is 0 Å². The van der Waals surface area contributed by atoms with Gasteiger partial charge in [-0.05, 0) is 49.6 Å². The SMILES string of the molecule is Cc1cccc(C(CN)Oc2ccc(C)c(C)c2)c1. The lowest BCUT2D eigenvalue weighted by molar-refractivity contribution is 0.214. The maximum atomic E-state index is 6.02. The van der Waals surface area contributed by atoms with Crippen molar-refractivity contribution in [1.29, 1.82) is 0 Å². The standard InChI is InChI=1S/C17H21NO/c1-12-5-4-6-15(9-12)17(11-18)19-16-8-7-13(2)14(3)10-16/h4-10,17H,11,18H2,1-3H3. The zero-order valence-corrected chi connectivity index (χ0v) is 11.8. The lowest BCUT2D eigenvalue weighted by Gasteiger charge is -2.19. The second-order valence-electron chi connectivity index (χ2n) is 5.00. The van der Waals surface area contributed by atoms with Crippen molar-refractivity contribution in [1.82, 2.24) is 0 Å². The summed E-state index contributed by atoms with van der Waals surface area (Å²) < 4.78 is 6.02. The average Bonchev–Trinajstić information content (AvgIpc) is 2.40. The molecular formula is C17H21NO. The quantitative estimate of drug-likeness (QED) is 0.904. The molecule has 0 bridgehead atoms. The largest absolute Gasteiger partial charge is 0.484 e. The molecule has 0 saturated carbocycles. The van der Waals surface area contributed by atoms with Crippen LogP contribution in [0, 0.1) is 20.8 Å². The fourth-order valence-corrected chi connectivity index (χ4v) is 2.07. The number of benzene rings is 2. The fraction of sp³-hybridized carbons (Fsp3) is 0.294. The summed E-state index contributed by atoms with van der Waals surface area (Å²) in [5.74, 6) is 0.875.